The number of hydrogen-bond acceptors (Lipinski definition) is 5. The van der Waals surface area contributed by atoms with Crippen LogP contribution >= 0.6 is 0 Å². The van der Waals surface area contributed by atoms with Gasteiger partial charge in [0, 0.05) is 12.2 Å². The first kappa shape index (κ1) is 22.1. The van der Waals surface area contributed by atoms with Crippen LogP contribution in [0.1, 0.15) is 18.1 Å². The van der Waals surface area contributed by atoms with E-state index in [1.807, 2.05) is 61.2 Å². The lowest BCUT2D eigenvalue weighted by Crippen LogP contribution is -2.35. The van der Waals surface area contributed by atoms with Crippen LogP contribution in [-0.2, 0) is 9.59 Å². The summed E-state index contributed by atoms with van der Waals surface area (Å²) in [5, 5.41) is 0. The summed E-state index contributed by atoms with van der Waals surface area (Å²) in [6.07, 6.45) is 0. The number of imide groups is 1. The molecule has 0 N–H and O–H groups in total. The van der Waals surface area contributed by atoms with Crippen molar-refractivity contribution in [1.82, 2.24) is 0 Å². The molecule has 0 aliphatic carbocycles. The van der Waals surface area contributed by atoms with Crippen LogP contribution < -0.4 is 19.3 Å². The fourth-order valence-electron chi connectivity index (χ4n) is 4.03. The van der Waals surface area contributed by atoms with Gasteiger partial charge in [-0.2, -0.15) is 0 Å². The SMILES string of the molecule is CCN(C1=C(c2ccc(OC)c(OC)c2)C(=O)N(c2ccc(C)cc2)C1=O)c1ccccc1. The highest BCUT2D eigenvalue weighted by molar-refractivity contribution is 6.46. The van der Waals surface area contributed by atoms with Crippen molar-refractivity contribution in [2.24, 2.45) is 0 Å². The van der Waals surface area contributed by atoms with E-state index in [1.54, 1.807) is 44.6 Å². The second-order valence-electron chi connectivity index (χ2n) is 7.65. The predicted octanol–water partition coefficient (Wildman–Crippen LogP) is 4.82. The molecule has 3 aromatic carbocycles. The molecular formula is C27H26N2O4. The van der Waals surface area contributed by atoms with Crippen molar-refractivity contribution in [2.75, 3.05) is 30.6 Å². The van der Waals surface area contributed by atoms with Gasteiger partial charge in [-0.25, -0.2) is 4.90 Å². The lowest BCUT2D eigenvalue weighted by atomic mass is 10.0. The van der Waals surface area contributed by atoms with Crippen molar-refractivity contribution in [1.29, 1.82) is 0 Å². The van der Waals surface area contributed by atoms with Gasteiger partial charge in [0.2, 0.25) is 0 Å². The highest BCUT2D eigenvalue weighted by Crippen LogP contribution is 2.39. The molecule has 0 aromatic heterocycles. The summed E-state index contributed by atoms with van der Waals surface area (Å²) in [6.45, 7) is 4.43. The number of carbonyl (C=O) groups excluding carboxylic acids is 2. The monoisotopic (exact) mass is 442 g/mol. The maximum atomic E-state index is 13.8. The Labute approximate surface area is 193 Å². The standard InChI is InChI=1S/C27H26N2O4/c1-5-28(20-9-7-6-8-10-20)25-24(19-13-16-22(32-3)23(17-19)33-4)26(30)29(27(25)31)21-14-11-18(2)12-15-21/h6-17H,5H2,1-4H3. The summed E-state index contributed by atoms with van der Waals surface area (Å²) in [6, 6.07) is 22.2. The summed E-state index contributed by atoms with van der Waals surface area (Å²) in [7, 11) is 3.10. The van der Waals surface area contributed by atoms with E-state index < -0.39 is 0 Å². The van der Waals surface area contributed by atoms with E-state index in [9.17, 15) is 9.59 Å². The van der Waals surface area contributed by atoms with Crippen LogP contribution in [0.15, 0.2) is 78.5 Å². The van der Waals surface area contributed by atoms with Gasteiger partial charge in [-0.05, 0) is 55.8 Å². The molecule has 4 rings (SSSR count). The minimum absolute atomic E-state index is 0.326. The molecular weight excluding hydrogens is 416 g/mol. The van der Waals surface area contributed by atoms with Gasteiger partial charge < -0.3 is 14.4 Å². The van der Waals surface area contributed by atoms with Crippen LogP contribution in [0.25, 0.3) is 5.57 Å². The highest BCUT2D eigenvalue weighted by Gasteiger charge is 2.42. The van der Waals surface area contributed by atoms with Crippen molar-refractivity contribution in [3.05, 3.63) is 89.6 Å². The van der Waals surface area contributed by atoms with Crippen LogP contribution in [0.4, 0.5) is 11.4 Å². The third-order valence-electron chi connectivity index (χ3n) is 5.68. The first-order chi connectivity index (χ1) is 16.0. The summed E-state index contributed by atoms with van der Waals surface area (Å²) in [5.74, 6) is 0.296. The molecule has 0 unspecified atom stereocenters. The van der Waals surface area contributed by atoms with Crippen molar-refractivity contribution < 1.29 is 19.1 Å². The molecule has 0 fully saturated rings. The fraction of sp³-hybridized carbons (Fsp3) is 0.185. The molecule has 6 heteroatoms. The summed E-state index contributed by atoms with van der Waals surface area (Å²) in [4.78, 5) is 30.7. The Kier molecular flexibility index (Phi) is 6.18. The molecule has 0 atom stereocenters. The molecule has 2 amide bonds. The van der Waals surface area contributed by atoms with Gasteiger partial charge >= 0.3 is 0 Å². The van der Waals surface area contributed by atoms with Crippen LogP contribution in [0.5, 0.6) is 11.5 Å². The number of rotatable bonds is 7. The Morgan fingerprint density at radius 2 is 1.48 bits per heavy atom. The van der Waals surface area contributed by atoms with E-state index in [0.29, 0.717) is 40.6 Å². The minimum atomic E-state index is -0.375. The predicted molar refractivity (Wildman–Crippen MR) is 130 cm³/mol. The molecule has 6 nitrogen and oxygen atoms in total. The van der Waals surface area contributed by atoms with Crippen molar-refractivity contribution >= 4 is 28.8 Å². The number of para-hydroxylation sites is 1. The molecule has 0 saturated heterocycles. The van der Waals surface area contributed by atoms with Gasteiger partial charge in [0.05, 0.1) is 25.5 Å². The van der Waals surface area contributed by atoms with Crippen molar-refractivity contribution in [3.8, 4) is 11.5 Å². The highest BCUT2D eigenvalue weighted by atomic mass is 16.5. The van der Waals surface area contributed by atoms with E-state index >= 15 is 0 Å². The molecule has 1 aliphatic rings. The zero-order valence-corrected chi connectivity index (χ0v) is 19.2. The maximum Gasteiger partial charge on any atom is 0.282 e. The van der Waals surface area contributed by atoms with Gasteiger partial charge in [0.25, 0.3) is 11.8 Å². The van der Waals surface area contributed by atoms with Crippen molar-refractivity contribution in [3.63, 3.8) is 0 Å². The lowest BCUT2D eigenvalue weighted by molar-refractivity contribution is -0.120. The van der Waals surface area contributed by atoms with Crippen LogP contribution in [0.3, 0.4) is 0 Å². The molecule has 1 aliphatic heterocycles. The number of likely N-dealkylation sites (N-methyl/N-ethyl adjacent to an activating group) is 1. The Balaban J connectivity index is 1.92. The fourth-order valence-corrected chi connectivity index (χ4v) is 4.03. The Hall–Kier alpha value is -4.06. The zero-order valence-electron chi connectivity index (χ0n) is 19.2. The van der Waals surface area contributed by atoms with Crippen LogP contribution in [0.2, 0.25) is 0 Å². The number of nitrogens with zero attached hydrogens (tertiary/aromatic N) is 2. The van der Waals surface area contributed by atoms with E-state index in [-0.39, 0.29) is 11.8 Å². The van der Waals surface area contributed by atoms with E-state index in [0.717, 1.165) is 11.3 Å². The van der Waals surface area contributed by atoms with Crippen molar-refractivity contribution in [2.45, 2.75) is 13.8 Å². The smallest absolute Gasteiger partial charge is 0.282 e. The quantitative estimate of drug-likeness (QED) is 0.491. The average molecular weight is 443 g/mol. The molecule has 168 valence electrons. The molecule has 0 saturated carbocycles. The number of hydrogen-bond donors (Lipinski definition) is 0. The number of ether oxygens (including phenoxy) is 2. The van der Waals surface area contributed by atoms with Gasteiger partial charge in [0.15, 0.2) is 11.5 Å². The van der Waals surface area contributed by atoms with Crippen LogP contribution in [-0.4, -0.2) is 32.6 Å². The molecule has 0 bridgehead atoms. The van der Waals surface area contributed by atoms with E-state index in [1.165, 1.54) is 4.90 Å². The first-order valence-corrected chi connectivity index (χ1v) is 10.7. The minimum Gasteiger partial charge on any atom is -0.493 e. The largest absolute Gasteiger partial charge is 0.493 e. The number of amides is 2. The third kappa shape index (κ3) is 3.96. The van der Waals surface area contributed by atoms with Gasteiger partial charge in [-0.3, -0.25) is 9.59 Å². The zero-order chi connectivity index (χ0) is 23.5. The normalized spacial score (nSPS) is 13.5. The molecule has 3 aromatic rings. The van der Waals surface area contributed by atoms with Gasteiger partial charge in [0.1, 0.15) is 5.70 Å². The van der Waals surface area contributed by atoms with Crippen LogP contribution in [0, 0.1) is 6.92 Å². The Bertz CT molecular complexity index is 1220. The number of anilines is 2. The van der Waals surface area contributed by atoms with Gasteiger partial charge in [-0.1, -0.05) is 42.0 Å². The average Bonchev–Trinajstić information content (AvgIpc) is 3.10. The second kappa shape index (κ2) is 9.20. The maximum absolute atomic E-state index is 13.8. The lowest BCUT2D eigenvalue weighted by Gasteiger charge is -2.25. The number of methoxy groups -OCH3 is 2. The summed E-state index contributed by atoms with van der Waals surface area (Å²) >= 11 is 0. The molecule has 33 heavy (non-hydrogen) atoms. The first-order valence-electron chi connectivity index (χ1n) is 10.7. The molecule has 0 radical (unpaired) electrons. The third-order valence-corrected chi connectivity index (χ3v) is 5.68. The number of carbonyl (C=O) groups is 2. The second-order valence-corrected chi connectivity index (χ2v) is 7.65. The van der Waals surface area contributed by atoms with E-state index in [4.69, 9.17) is 9.47 Å². The number of aryl methyl sites for hydroxylation is 1. The summed E-state index contributed by atoms with van der Waals surface area (Å²) in [5.41, 5.74) is 3.66. The van der Waals surface area contributed by atoms with E-state index in [2.05, 4.69) is 0 Å². The topological polar surface area (TPSA) is 59.1 Å². The Morgan fingerprint density at radius 1 is 0.818 bits per heavy atom. The molecule has 0 spiro atoms. The molecule has 1 heterocycles. The number of benzene rings is 3. The van der Waals surface area contributed by atoms with Gasteiger partial charge in [-0.15, -0.1) is 0 Å². The Morgan fingerprint density at radius 3 is 2.09 bits per heavy atom. The summed E-state index contributed by atoms with van der Waals surface area (Å²) < 4.78 is 10.8.